The van der Waals surface area contributed by atoms with Crippen LogP contribution in [-0.4, -0.2) is 19.1 Å². The molecule has 4 aromatic heterocycles. The fourth-order valence-corrected chi connectivity index (χ4v) is 9.53. The van der Waals surface area contributed by atoms with Crippen LogP contribution in [-0.2, 0) is 0 Å². The van der Waals surface area contributed by atoms with Gasteiger partial charge in [-0.15, -0.1) is 0 Å². The largest absolute Gasteiger partial charge is 0.307 e. The predicted octanol–water partition coefficient (Wildman–Crippen LogP) is 14.7. The van der Waals surface area contributed by atoms with E-state index >= 15 is 0 Å². The zero-order chi connectivity index (χ0) is 44.1. The molecule has 0 radical (unpaired) electrons. The summed E-state index contributed by atoms with van der Waals surface area (Å²) in [7, 11) is 0. The van der Waals surface area contributed by atoms with Crippen molar-refractivity contribution in [2.24, 2.45) is 0 Å². The van der Waals surface area contributed by atoms with Gasteiger partial charge >= 0.3 is 0 Å². The molecule has 0 aliphatic carbocycles. The topological polar surface area (TPSA) is 83.2 Å². The number of hydrogen-bond donors (Lipinski definition) is 0. The number of benzene rings is 8. The fraction of sp³-hybridized carbons (Fsp3) is 0. The molecule has 6 nitrogen and oxygen atoms in total. The molecule has 306 valence electrons. The van der Waals surface area contributed by atoms with Crippen LogP contribution in [0.4, 0.5) is 0 Å². The number of nitrogens with zero attached hydrogens (tertiary/aromatic N) is 6. The van der Waals surface area contributed by atoms with Crippen LogP contribution in [0.1, 0.15) is 11.1 Å². The summed E-state index contributed by atoms with van der Waals surface area (Å²) in [6, 6.07) is 75.6. The highest BCUT2D eigenvalue weighted by atomic mass is 15.1. The van der Waals surface area contributed by atoms with Crippen molar-refractivity contribution in [1.29, 1.82) is 10.5 Å². The zero-order valence-corrected chi connectivity index (χ0v) is 35.5. The number of nitriles is 2. The Bertz CT molecular complexity index is 3920. The van der Waals surface area contributed by atoms with Crippen molar-refractivity contribution in [2.45, 2.75) is 0 Å². The lowest BCUT2D eigenvalue weighted by Gasteiger charge is -2.20. The average Bonchev–Trinajstić information content (AvgIpc) is 3.91. The zero-order valence-electron chi connectivity index (χ0n) is 35.5. The first-order chi connectivity index (χ1) is 32.6. The van der Waals surface area contributed by atoms with Crippen molar-refractivity contribution >= 4 is 43.6 Å². The number of fused-ring (bicyclic) bond motifs is 6. The van der Waals surface area contributed by atoms with Gasteiger partial charge < -0.3 is 9.13 Å². The summed E-state index contributed by atoms with van der Waals surface area (Å²) < 4.78 is 4.65. The van der Waals surface area contributed by atoms with E-state index in [1.54, 1.807) is 6.07 Å². The van der Waals surface area contributed by atoms with E-state index in [-0.39, 0.29) is 0 Å². The molecular weight excluding hydrogens is 805 g/mol. The highest BCUT2D eigenvalue weighted by molar-refractivity contribution is 6.13. The van der Waals surface area contributed by atoms with E-state index in [4.69, 9.17) is 9.97 Å². The third kappa shape index (κ3) is 6.41. The number of para-hydroxylation sites is 2. The molecule has 0 aliphatic rings. The molecular formula is C60H36N6. The molecule has 0 unspecified atom stereocenters. The lowest BCUT2D eigenvalue weighted by Crippen LogP contribution is -2.05. The standard InChI is InChI=1S/C60H36N6/c61-35-39-12-11-17-44(30-39)52-34-60(66-56-21-10-8-19-49(56)51-27-23-43(32-58(51)66)46-25-29-54(64-38-46)41-15-5-2-6-16-41)59(33-47(52)36-62)65-55-20-9-7-18-48(55)50-26-22-42(31-57(50)65)45-24-28-53(63-37-45)40-13-3-1-4-14-40/h1-34,37-38H. The SMILES string of the molecule is N#Cc1cccc(-c2cc(-n3c4ccccc4c4ccc(-c5ccc(-c6ccccc6)nc5)cc43)c(-n3c4ccccc4c4ccc(-c5ccc(-c6ccccc6)nc5)cc43)cc2C#N)c1. The highest BCUT2D eigenvalue weighted by Gasteiger charge is 2.23. The Balaban J connectivity index is 1.13. The van der Waals surface area contributed by atoms with Gasteiger partial charge in [-0.25, -0.2) is 0 Å². The van der Waals surface area contributed by atoms with Crippen LogP contribution in [0.2, 0.25) is 0 Å². The number of hydrogen-bond acceptors (Lipinski definition) is 4. The van der Waals surface area contributed by atoms with E-state index in [0.717, 1.165) is 111 Å². The van der Waals surface area contributed by atoms with Gasteiger partial charge in [0.1, 0.15) is 0 Å². The van der Waals surface area contributed by atoms with Gasteiger partial charge in [-0.05, 0) is 77.4 Å². The van der Waals surface area contributed by atoms with Gasteiger partial charge in [0, 0.05) is 61.8 Å². The van der Waals surface area contributed by atoms with Crippen LogP contribution in [0.25, 0.3) is 111 Å². The maximum absolute atomic E-state index is 11.0. The Morgan fingerprint density at radius 1 is 0.333 bits per heavy atom. The number of pyridine rings is 2. The first-order valence-corrected chi connectivity index (χ1v) is 21.8. The third-order valence-electron chi connectivity index (χ3n) is 12.7. The van der Waals surface area contributed by atoms with E-state index in [2.05, 4.69) is 161 Å². The van der Waals surface area contributed by atoms with Crippen LogP contribution in [0.5, 0.6) is 0 Å². The van der Waals surface area contributed by atoms with Gasteiger partial charge in [0.15, 0.2) is 0 Å². The van der Waals surface area contributed by atoms with Crippen LogP contribution in [0, 0.1) is 22.7 Å². The second-order valence-electron chi connectivity index (χ2n) is 16.5. The Morgan fingerprint density at radius 2 is 0.803 bits per heavy atom. The molecule has 0 bridgehead atoms. The van der Waals surface area contributed by atoms with Crippen LogP contribution in [0.15, 0.2) is 219 Å². The van der Waals surface area contributed by atoms with E-state index < -0.39 is 0 Å². The van der Waals surface area contributed by atoms with E-state index in [0.29, 0.717) is 11.1 Å². The Kier molecular flexibility index (Phi) is 9.16. The van der Waals surface area contributed by atoms with Gasteiger partial charge in [-0.2, -0.15) is 10.5 Å². The van der Waals surface area contributed by atoms with Gasteiger partial charge in [-0.3, -0.25) is 9.97 Å². The van der Waals surface area contributed by atoms with Crippen molar-refractivity contribution in [3.05, 3.63) is 230 Å². The van der Waals surface area contributed by atoms with Crippen molar-refractivity contribution in [3.63, 3.8) is 0 Å². The average molecular weight is 841 g/mol. The molecule has 4 heterocycles. The summed E-state index contributed by atoms with van der Waals surface area (Å²) in [6.45, 7) is 0. The molecule has 0 N–H and O–H groups in total. The van der Waals surface area contributed by atoms with Gasteiger partial charge in [0.25, 0.3) is 0 Å². The van der Waals surface area contributed by atoms with Crippen molar-refractivity contribution in [3.8, 4) is 79.4 Å². The quantitative estimate of drug-likeness (QED) is 0.160. The Morgan fingerprint density at radius 3 is 1.30 bits per heavy atom. The summed E-state index contributed by atoms with van der Waals surface area (Å²) in [6.07, 6.45) is 3.89. The first-order valence-electron chi connectivity index (χ1n) is 21.8. The molecule has 6 heteroatoms. The number of aromatic nitrogens is 4. The molecule has 8 aromatic carbocycles. The fourth-order valence-electron chi connectivity index (χ4n) is 9.53. The normalized spacial score (nSPS) is 11.3. The highest BCUT2D eigenvalue weighted by Crippen LogP contribution is 2.42. The lowest BCUT2D eigenvalue weighted by atomic mass is 9.96. The minimum atomic E-state index is 0.498. The molecule has 0 aliphatic heterocycles. The summed E-state index contributed by atoms with van der Waals surface area (Å²) >= 11 is 0. The third-order valence-corrected chi connectivity index (χ3v) is 12.7. The summed E-state index contributed by atoms with van der Waals surface area (Å²) in [5.41, 5.74) is 16.3. The maximum atomic E-state index is 11.0. The van der Waals surface area contributed by atoms with Crippen LogP contribution >= 0.6 is 0 Å². The molecule has 0 saturated heterocycles. The molecule has 0 saturated carbocycles. The molecule has 0 fully saturated rings. The van der Waals surface area contributed by atoms with E-state index in [1.807, 2.05) is 73.1 Å². The molecule has 0 amide bonds. The summed E-state index contributed by atoms with van der Waals surface area (Å²) in [5.74, 6) is 0. The van der Waals surface area contributed by atoms with Gasteiger partial charge in [0.2, 0.25) is 0 Å². The van der Waals surface area contributed by atoms with E-state index in [1.165, 1.54) is 0 Å². The molecule has 0 spiro atoms. The second-order valence-corrected chi connectivity index (χ2v) is 16.5. The van der Waals surface area contributed by atoms with Crippen molar-refractivity contribution < 1.29 is 0 Å². The minimum Gasteiger partial charge on any atom is -0.307 e. The Hall–Kier alpha value is -9.36. The lowest BCUT2D eigenvalue weighted by molar-refractivity contribution is 1.09. The first kappa shape index (κ1) is 38.3. The molecule has 12 aromatic rings. The van der Waals surface area contributed by atoms with E-state index in [9.17, 15) is 10.5 Å². The summed E-state index contributed by atoms with van der Waals surface area (Å²) in [4.78, 5) is 9.78. The van der Waals surface area contributed by atoms with Gasteiger partial charge in [-0.1, -0.05) is 146 Å². The van der Waals surface area contributed by atoms with Gasteiger partial charge in [0.05, 0.1) is 68.1 Å². The summed E-state index contributed by atoms with van der Waals surface area (Å²) in [5, 5.41) is 25.4. The predicted molar refractivity (Wildman–Crippen MR) is 267 cm³/mol. The molecule has 66 heavy (non-hydrogen) atoms. The minimum absolute atomic E-state index is 0.498. The van der Waals surface area contributed by atoms with Crippen molar-refractivity contribution in [2.75, 3.05) is 0 Å². The van der Waals surface area contributed by atoms with Crippen LogP contribution in [0.3, 0.4) is 0 Å². The second kappa shape index (κ2) is 15.8. The number of rotatable bonds is 7. The smallest absolute Gasteiger partial charge is 0.0998 e. The van der Waals surface area contributed by atoms with Crippen molar-refractivity contribution in [1.82, 2.24) is 19.1 Å². The monoisotopic (exact) mass is 840 g/mol. The molecule has 12 rings (SSSR count). The maximum Gasteiger partial charge on any atom is 0.0998 e. The molecule has 0 atom stereocenters. The van der Waals surface area contributed by atoms with Crippen LogP contribution < -0.4 is 0 Å². The Labute approximate surface area is 380 Å².